The number of hydrogen-bond donors (Lipinski definition) is 2. The number of nitrogens with zero attached hydrogens (tertiary/aromatic N) is 1. The fraction of sp³-hybridized carbons (Fsp3) is 0.333. The van der Waals surface area contributed by atoms with E-state index in [4.69, 9.17) is 28.3 Å². The van der Waals surface area contributed by atoms with E-state index in [0.29, 0.717) is 5.56 Å². The van der Waals surface area contributed by atoms with Crippen molar-refractivity contribution in [2.45, 2.75) is 11.5 Å². The first-order valence-electron chi connectivity index (χ1n) is 4.56. The first kappa shape index (κ1) is 14.7. The van der Waals surface area contributed by atoms with Crippen LogP contribution in [0.4, 0.5) is 0 Å². The van der Waals surface area contributed by atoms with Crippen molar-refractivity contribution >= 4 is 33.2 Å². The van der Waals surface area contributed by atoms with E-state index in [2.05, 4.69) is 4.83 Å². The quantitative estimate of drug-likeness (QED) is 0.821. The van der Waals surface area contributed by atoms with Crippen LogP contribution in [-0.4, -0.2) is 32.6 Å². The number of hydrogen-bond acceptors (Lipinski definition) is 4. The molecule has 0 unspecified atom stereocenters. The maximum absolute atomic E-state index is 11.9. The lowest BCUT2D eigenvalue weighted by Gasteiger charge is -2.14. The van der Waals surface area contributed by atoms with Gasteiger partial charge < -0.3 is 5.11 Å². The summed E-state index contributed by atoms with van der Waals surface area (Å²) in [6.07, 6.45) is 0. The highest BCUT2D eigenvalue weighted by Gasteiger charge is 2.20. The van der Waals surface area contributed by atoms with E-state index in [1.54, 1.807) is 0 Å². The van der Waals surface area contributed by atoms with Crippen LogP contribution in [-0.2, 0) is 16.6 Å². The third-order valence-electron chi connectivity index (χ3n) is 1.86. The second kappa shape index (κ2) is 5.51. The number of rotatable bonds is 4. The highest BCUT2D eigenvalue weighted by Crippen LogP contribution is 2.28. The van der Waals surface area contributed by atoms with Crippen molar-refractivity contribution in [2.24, 2.45) is 0 Å². The van der Waals surface area contributed by atoms with Gasteiger partial charge in [0, 0.05) is 19.1 Å². The zero-order chi connectivity index (χ0) is 13.2. The minimum atomic E-state index is -3.77. The Morgan fingerprint density at radius 1 is 1.29 bits per heavy atom. The summed E-state index contributed by atoms with van der Waals surface area (Å²) in [5.74, 6) is 0. The Balaban J connectivity index is 3.31. The van der Waals surface area contributed by atoms with Crippen molar-refractivity contribution in [2.75, 3.05) is 14.1 Å². The van der Waals surface area contributed by atoms with Gasteiger partial charge in [0.25, 0.3) is 10.0 Å². The molecule has 17 heavy (non-hydrogen) atoms. The molecular weight excluding hydrogens is 287 g/mol. The van der Waals surface area contributed by atoms with Crippen LogP contribution in [0.15, 0.2) is 17.0 Å². The minimum Gasteiger partial charge on any atom is -0.392 e. The smallest absolute Gasteiger partial charge is 0.254 e. The summed E-state index contributed by atoms with van der Waals surface area (Å²) in [4.78, 5) is 2.12. The predicted molar refractivity (Wildman–Crippen MR) is 66.4 cm³/mol. The largest absolute Gasteiger partial charge is 0.392 e. The molecule has 5 nitrogen and oxygen atoms in total. The number of nitrogens with one attached hydrogen (secondary N) is 1. The number of halogens is 2. The van der Waals surface area contributed by atoms with Crippen LogP contribution in [0.2, 0.25) is 10.0 Å². The number of benzene rings is 1. The Morgan fingerprint density at radius 2 is 1.88 bits per heavy atom. The summed E-state index contributed by atoms with van der Waals surface area (Å²) < 4.78 is 23.8. The Labute approximate surface area is 110 Å². The average molecular weight is 299 g/mol. The second-order valence-electron chi connectivity index (χ2n) is 3.52. The van der Waals surface area contributed by atoms with Gasteiger partial charge in [0.2, 0.25) is 0 Å². The summed E-state index contributed by atoms with van der Waals surface area (Å²) in [5.41, 5.74) is 0.301. The first-order chi connectivity index (χ1) is 7.77. The third-order valence-corrected chi connectivity index (χ3v) is 4.16. The lowest BCUT2D eigenvalue weighted by molar-refractivity contribution is 0.281. The number of aliphatic hydroxyl groups excluding tert-OH is 1. The normalized spacial score (nSPS) is 12.1. The molecule has 0 saturated heterocycles. The van der Waals surface area contributed by atoms with Gasteiger partial charge in [-0.3, -0.25) is 0 Å². The van der Waals surface area contributed by atoms with E-state index in [1.807, 2.05) is 0 Å². The zero-order valence-electron chi connectivity index (χ0n) is 9.24. The fourth-order valence-corrected chi connectivity index (χ4v) is 3.13. The topological polar surface area (TPSA) is 69.6 Å². The third kappa shape index (κ3) is 3.54. The van der Waals surface area contributed by atoms with Crippen molar-refractivity contribution in [3.05, 3.63) is 27.7 Å². The van der Waals surface area contributed by atoms with Crippen molar-refractivity contribution in [1.82, 2.24) is 9.84 Å². The highest BCUT2D eigenvalue weighted by atomic mass is 35.5. The van der Waals surface area contributed by atoms with Crippen LogP contribution in [0.1, 0.15) is 5.56 Å². The van der Waals surface area contributed by atoms with Gasteiger partial charge in [-0.2, -0.15) is 0 Å². The summed E-state index contributed by atoms with van der Waals surface area (Å²) in [6.45, 7) is -0.361. The van der Waals surface area contributed by atoms with Gasteiger partial charge in [0.05, 0.1) is 11.6 Å². The maximum Gasteiger partial charge on any atom is 0.254 e. The Hall–Kier alpha value is -0.370. The number of aliphatic hydroxyl groups is 1. The van der Waals surface area contributed by atoms with Crippen LogP contribution in [0.5, 0.6) is 0 Å². The van der Waals surface area contributed by atoms with Crippen LogP contribution < -0.4 is 4.83 Å². The summed E-state index contributed by atoms with van der Waals surface area (Å²) in [7, 11) is -0.693. The van der Waals surface area contributed by atoms with Crippen molar-refractivity contribution in [3.63, 3.8) is 0 Å². The standard InChI is InChI=1S/C9H12Cl2N2O3S/c1-13(2)12-17(15,16)9-3-6(5-14)7(10)4-8(9)11/h3-4,12,14H,5H2,1-2H3. The van der Waals surface area contributed by atoms with E-state index in [0.717, 1.165) is 0 Å². The molecule has 0 atom stereocenters. The molecule has 96 valence electrons. The molecule has 0 aromatic heterocycles. The van der Waals surface area contributed by atoms with E-state index in [9.17, 15) is 8.42 Å². The second-order valence-corrected chi connectivity index (χ2v) is 5.96. The maximum atomic E-state index is 11.9. The fourth-order valence-electron chi connectivity index (χ4n) is 1.19. The van der Waals surface area contributed by atoms with Crippen LogP contribution in [0.25, 0.3) is 0 Å². The van der Waals surface area contributed by atoms with Gasteiger partial charge in [-0.15, -0.1) is 4.83 Å². The molecule has 8 heteroatoms. The van der Waals surface area contributed by atoms with Gasteiger partial charge in [-0.1, -0.05) is 23.2 Å². The van der Waals surface area contributed by atoms with Gasteiger partial charge in [-0.25, -0.2) is 13.4 Å². The van der Waals surface area contributed by atoms with E-state index in [-0.39, 0.29) is 21.5 Å². The Bertz CT molecular complexity index is 517. The molecule has 0 amide bonds. The minimum absolute atomic E-state index is 0.00144. The van der Waals surface area contributed by atoms with E-state index < -0.39 is 10.0 Å². The molecule has 0 spiro atoms. The predicted octanol–water partition coefficient (Wildman–Crippen LogP) is 1.24. The van der Waals surface area contributed by atoms with Crippen molar-refractivity contribution in [1.29, 1.82) is 0 Å². The highest BCUT2D eigenvalue weighted by molar-refractivity contribution is 7.89. The molecule has 2 N–H and O–H groups in total. The van der Waals surface area contributed by atoms with Crippen molar-refractivity contribution < 1.29 is 13.5 Å². The summed E-state index contributed by atoms with van der Waals surface area (Å²) in [6, 6.07) is 2.54. The molecule has 0 bridgehead atoms. The molecule has 0 heterocycles. The van der Waals surface area contributed by atoms with Crippen LogP contribution >= 0.6 is 23.2 Å². The molecule has 0 fully saturated rings. The number of sulfonamides is 1. The Morgan fingerprint density at radius 3 is 2.35 bits per heavy atom. The lowest BCUT2D eigenvalue weighted by atomic mass is 10.2. The zero-order valence-corrected chi connectivity index (χ0v) is 11.6. The average Bonchev–Trinajstić information content (AvgIpc) is 2.15. The molecule has 0 aliphatic rings. The van der Waals surface area contributed by atoms with Crippen LogP contribution in [0.3, 0.4) is 0 Å². The molecule has 1 aromatic rings. The molecular formula is C9H12Cl2N2O3S. The Kier molecular flexibility index (Phi) is 4.77. The van der Waals surface area contributed by atoms with Crippen LogP contribution in [0, 0.1) is 0 Å². The number of hydrazine groups is 1. The van der Waals surface area contributed by atoms with Crippen molar-refractivity contribution in [3.8, 4) is 0 Å². The van der Waals surface area contributed by atoms with E-state index in [1.165, 1.54) is 31.2 Å². The molecule has 1 aromatic carbocycles. The molecule has 0 radical (unpaired) electrons. The molecule has 1 rings (SSSR count). The molecule has 0 aliphatic heterocycles. The molecule has 0 saturated carbocycles. The van der Waals surface area contributed by atoms with Gasteiger partial charge in [-0.05, 0) is 17.7 Å². The van der Waals surface area contributed by atoms with E-state index >= 15 is 0 Å². The summed E-state index contributed by atoms with van der Waals surface area (Å²) >= 11 is 11.6. The molecule has 0 aliphatic carbocycles. The SMILES string of the molecule is CN(C)NS(=O)(=O)c1cc(CO)c(Cl)cc1Cl. The van der Waals surface area contributed by atoms with Gasteiger partial charge >= 0.3 is 0 Å². The van der Waals surface area contributed by atoms with Gasteiger partial charge in [0.1, 0.15) is 4.90 Å². The first-order valence-corrected chi connectivity index (χ1v) is 6.80. The van der Waals surface area contributed by atoms with Gasteiger partial charge in [0.15, 0.2) is 0 Å². The monoisotopic (exact) mass is 298 g/mol. The lowest BCUT2D eigenvalue weighted by Crippen LogP contribution is -2.36. The summed E-state index contributed by atoms with van der Waals surface area (Å²) in [5, 5.41) is 10.5.